The Labute approximate surface area is 140 Å². The number of halogens is 1. The molecule has 0 aliphatic carbocycles. The van der Waals surface area contributed by atoms with E-state index in [0.29, 0.717) is 17.1 Å². The number of barbiturate groups is 1. The first kappa shape index (κ1) is 15.2. The monoisotopic (exact) mass is 374 g/mol. The van der Waals surface area contributed by atoms with E-state index in [9.17, 15) is 14.4 Å². The summed E-state index contributed by atoms with van der Waals surface area (Å²) >= 11 is 3.34. The number of rotatable bonds is 3. The van der Waals surface area contributed by atoms with Crippen LogP contribution in [0.1, 0.15) is 11.5 Å². The molecule has 0 saturated carbocycles. The van der Waals surface area contributed by atoms with Gasteiger partial charge in [-0.05, 0) is 42.0 Å². The summed E-state index contributed by atoms with van der Waals surface area (Å²) in [4.78, 5) is 34.6. The van der Waals surface area contributed by atoms with Crippen LogP contribution in [-0.4, -0.2) is 17.8 Å². The molecular weight excluding hydrogens is 364 g/mol. The first-order chi connectivity index (χ1) is 11.0. The maximum Gasteiger partial charge on any atom is 0.328 e. The Hall–Kier alpha value is -2.67. The van der Waals surface area contributed by atoms with Gasteiger partial charge in [-0.1, -0.05) is 28.1 Å². The van der Waals surface area contributed by atoms with Crippen LogP contribution in [0.5, 0.6) is 11.5 Å². The summed E-state index contributed by atoms with van der Waals surface area (Å²) in [6.45, 7) is 0. The molecule has 2 aromatic rings. The number of carbonyl (C=O) groups is 3. The van der Waals surface area contributed by atoms with Crippen LogP contribution in [0.2, 0.25) is 0 Å². The smallest absolute Gasteiger partial charge is 0.328 e. The molecule has 0 spiro atoms. The van der Waals surface area contributed by atoms with Crippen LogP contribution in [0.15, 0.2) is 53.0 Å². The van der Waals surface area contributed by atoms with Gasteiger partial charge in [0.15, 0.2) is 0 Å². The molecule has 7 heteroatoms. The van der Waals surface area contributed by atoms with Crippen LogP contribution in [0.25, 0.3) is 0 Å². The zero-order chi connectivity index (χ0) is 16.4. The normalized spacial score (nSPS) is 15.1. The van der Waals surface area contributed by atoms with E-state index in [1.165, 1.54) is 0 Å². The Morgan fingerprint density at radius 3 is 1.78 bits per heavy atom. The molecule has 0 bridgehead atoms. The highest BCUT2D eigenvalue weighted by molar-refractivity contribution is 9.10. The van der Waals surface area contributed by atoms with E-state index in [-0.39, 0.29) is 0 Å². The van der Waals surface area contributed by atoms with Gasteiger partial charge in [-0.25, -0.2) is 4.79 Å². The number of nitrogens with one attached hydrogen (secondary N) is 2. The van der Waals surface area contributed by atoms with Crippen molar-refractivity contribution in [1.29, 1.82) is 0 Å². The SMILES string of the molecule is O=C1NC(=O)C(c2ccc(Oc3ccc(Br)cc3)cc2)C(=O)N1. The number of carbonyl (C=O) groups excluding carboxylic acids is 3. The molecule has 3 rings (SSSR count). The quantitative estimate of drug-likeness (QED) is 0.808. The Bertz CT molecular complexity index is 752. The molecule has 1 aliphatic rings. The lowest BCUT2D eigenvalue weighted by atomic mass is 9.96. The standard InChI is InChI=1S/C16H11BrN2O4/c17-10-3-7-12(8-4-10)23-11-5-1-9(2-6-11)13-14(20)18-16(22)19-15(13)21/h1-8,13H,(H2,18,19,20,21,22). The van der Waals surface area contributed by atoms with E-state index in [4.69, 9.17) is 4.74 Å². The largest absolute Gasteiger partial charge is 0.457 e. The molecule has 1 aliphatic heterocycles. The maximum atomic E-state index is 11.8. The summed E-state index contributed by atoms with van der Waals surface area (Å²) in [7, 11) is 0. The van der Waals surface area contributed by atoms with E-state index >= 15 is 0 Å². The Morgan fingerprint density at radius 2 is 1.26 bits per heavy atom. The molecule has 2 aromatic carbocycles. The van der Waals surface area contributed by atoms with Gasteiger partial charge in [0.2, 0.25) is 11.8 Å². The second kappa shape index (κ2) is 6.21. The van der Waals surface area contributed by atoms with Crippen LogP contribution in [0.3, 0.4) is 0 Å². The lowest BCUT2D eigenvalue weighted by molar-refractivity contribution is -0.132. The van der Waals surface area contributed by atoms with Crippen molar-refractivity contribution in [1.82, 2.24) is 10.6 Å². The molecule has 2 N–H and O–H groups in total. The lowest BCUT2D eigenvalue weighted by Gasteiger charge is -2.20. The van der Waals surface area contributed by atoms with Gasteiger partial charge in [0, 0.05) is 4.47 Å². The van der Waals surface area contributed by atoms with E-state index in [1.807, 2.05) is 24.3 Å². The van der Waals surface area contributed by atoms with Crippen molar-refractivity contribution < 1.29 is 19.1 Å². The maximum absolute atomic E-state index is 11.8. The summed E-state index contributed by atoms with van der Waals surface area (Å²) in [6, 6.07) is 13.1. The zero-order valence-corrected chi connectivity index (χ0v) is 13.3. The third kappa shape index (κ3) is 3.40. The summed E-state index contributed by atoms with van der Waals surface area (Å²) in [5.41, 5.74) is 0.482. The van der Waals surface area contributed by atoms with Crippen LogP contribution < -0.4 is 15.4 Å². The van der Waals surface area contributed by atoms with Gasteiger partial charge >= 0.3 is 6.03 Å². The number of hydrogen-bond acceptors (Lipinski definition) is 4. The molecular formula is C16H11BrN2O4. The molecule has 0 unspecified atom stereocenters. The summed E-state index contributed by atoms with van der Waals surface area (Å²) < 4.78 is 6.62. The minimum atomic E-state index is -1.05. The van der Waals surface area contributed by atoms with Crippen molar-refractivity contribution in [3.63, 3.8) is 0 Å². The van der Waals surface area contributed by atoms with Crippen molar-refractivity contribution >= 4 is 33.8 Å². The third-order valence-electron chi connectivity index (χ3n) is 3.26. The Morgan fingerprint density at radius 1 is 0.783 bits per heavy atom. The predicted molar refractivity (Wildman–Crippen MR) is 85.1 cm³/mol. The van der Waals surface area contributed by atoms with E-state index in [1.54, 1.807) is 24.3 Å². The molecule has 6 nitrogen and oxygen atoms in total. The number of hydrogen-bond donors (Lipinski definition) is 2. The van der Waals surface area contributed by atoms with Crippen molar-refractivity contribution in [3.05, 3.63) is 58.6 Å². The minimum Gasteiger partial charge on any atom is -0.457 e. The number of amides is 4. The highest BCUT2D eigenvalue weighted by atomic mass is 79.9. The van der Waals surface area contributed by atoms with Crippen LogP contribution in [0.4, 0.5) is 4.79 Å². The van der Waals surface area contributed by atoms with Crippen molar-refractivity contribution in [2.24, 2.45) is 0 Å². The second-order valence-corrected chi connectivity index (χ2v) is 5.78. The lowest BCUT2D eigenvalue weighted by Crippen LogP contribution is -2.54. The van der Waals surface area contributed by atoms with Crippen LogP contribution >= 0.6 is 15.9 Å². The van der Waals surface area contributed by atoms with Crippen LogP contribution in [0, 0.1) is 0 Å². The van der Waals surface area contributed by atoms with Gasteiger partial charge in [-0.15, -0.1) is 0 Å². The van der Waals surface area contributed by atoms with E-state index in [0.717, 1.165) is 4.47 Å². The fourth-order valence-electron chi connectivity index (χ4n) is 2.19. The number of urea groups is 1. The molecule has 0 atom stereocenters. The van der Waals surface area contributed by atoms with Gasteiger partial charge in [-0.3, -0.25) is 20.2 Å². The highest BCUT2D eigenvalue weighted by Gasteiger charge is 2.35. The third-order valence-corrected chi connectivity index (χ3v) is 3.79. The molecule has 4 amide bonds. The average molecular weight is 375 g/mol. The van der Waals surface area contributed by atoms with Crippen molar-refractivity contribution in [3.8, 4) is 11.5 Å². The summed E-state index contributed by atoms with van der Waals surface area (Å²) in [6.07, 6.45) is 0. The highest BCUT2D eigenvalue weighted by Crippen LogP contribution is 2.26. The van der Waals surface area contributed by atoms with E-state index in [2.05, 4.69) is 26.6 Å². The molecule has 116 valence electrons. The average Bonchev–Trinajstić information content (AvgIpc) is 2.50. The molecule has 1 heterocycles. The van der Waals surface area contributed by atoms with Crippen LogP contribution in [-0.2, 0) is 9.59 Å². The van der Waals surface area contributed by atoms with Gasteiger partial charge in [0.1, 0.15) is 17.4 Å². The fourth-order valence-corrected chi connectivity index (χ4v) is 2.45. The number of imide groups is 2. The molecule has 1 fully saturated rings. The van der Waals surface area contributed by atoms with E-state index < -0.39 is 23.8 Å². The van der Waals surface area contributed by atoms with Crippen molar-refractivity contribution in [2.75, 3.05) is 0 Å². The Balaban J connectivity index is 1.76. The Kier molecular flexibility index (Phi) is 4.12. The fraction of sp³-hybridized carbons (Fsp3) is 0.0625. The number of ether oxygens (including phenoxy) is 1. The first-order valence-corrected chi connectivity index (χ1v) is 7.51. The van der Waals surface area contributed by atoms with Gasteiger partial charge in [0.05, 0.1) is 0 Å². The second-order valence-electron chi connectivity index (χ2n) is 4.87. The molecule has 23 heavy (non-hydrogen) atoms. The summed E-state index contributed by atoms with van der Waals surface area (Å²) in [5.74, 6) is -1.08. The number of benzene rings is 2. The minimum absolute atomic E-state index is 0.482. The topological polar surface area (TPSA) is 84.5 Å². The van der Waals surface area contributed by atoms with Gasteiger partial charge < -0.3 is 4.74 Å². The van der Waals surface area contributed by atoms with Gasteiger partial charge in [-0.2, -0.15) is 0 Å². The first-order valence-electron chi connectivity index (χ1n) is 6.72. The molecule has 1 saturated heterocycles. The molecule has 0 radical (unpaired) electrons. The summed E-state index contributed by atoms with van der Waals surface area (Å²) in [5, 5.41) is 4.14. The van der Waals surface area contributed by atoms with Crippen molar-refractivity contribution in [2.45, 2.75) is 5.92 Å². The molecule has 0 aromatic heterocycles. The van der Waals surface area contributed by atoms with Gasteiger partial charge in [0.25, 0.3) is 0 Å². The zero-order valence-electron chi connectivity index (χ0n) is 11.7. The predicted octanol–water partition coefficient (Wildman–Crippen LogP) is 2.69.